The number of carbonyl (C=O) groups excluding carboxylic acids is 1. The lowest BCUT2D eigenvalue weighted by molar-refractivity contribution is -0.121. The Bertz CT molecular complexity index is 731. The molecule has 1 atom stereocenters. The van der Waals surface area contributed by atoms with Gasteiger partial charge in [-0.2, -0.15) is 0 Å². The van der Waals surface area contributed by atoms with Gasteiger partial charge in [0.05, 0.1) is 35.6 Å². The van der Waals surface area contributed by atoms with Crippen molar-refractivity contribution < 1.29 is 19.7 Å². The summed E-state index contributed by atoms with van der Waals surface area (Å²) < 4.78 is 5.46. The van der Waals surface area contributed by atoms with Crippen LogP contribution in [0.15, 0.2) is 23.6 Å². The number of aryl methyl sites for hydroxylation is 1. The minimum Gasteiger partial charge on any atom is -0.482 e. The number of carbonyl (C=O) groups is 1. The molecule has 6 nitrogen and oxygen atoms in total. The normalized spacial score (nSPS) is 15.1. The van der Waals surface area contributed by atoms with Crippen LogP contribution in [0.5, 0.6) is 5.75 Å². The zero-order valence-corrected chi connectivity index (χ0v) is 14.3. The monoisotopic (exact) mass is 348 g/mol. The number of aliphatic hydroxyl groups excluding tert-OH is 2. The second-order valence-corrected chi connectivity index (χ2v) is 6.63. The summed E-state index contributed by atoms with van der Waals surface area (Å²) in [5.74, 6) is 0.351. The fraction of sp³-hybridized carbons (Fsp3) is 0.412. The summed E-state index contributed by atoms with van der Waals surface area (Å²) in [4.78, 5) is 18.2. The molecule has 1 aromatic heterocycles. The molecular weight excluding hydrogens is 328 g/mol. The molecule has 3 rings (SSSR count). The zero-order chi connectivity index (χ0) is 17.1. The molecule has 1 aliphatic heterocycles. The third-order valence-electron chi connectivity index (χ3n) is 3.82. The molecular formula is C17H20N2O4S. The van der Waals surface area contributed by atoms with Crippen molar-refractivity contribution in [3.05, 3.63) is 28.6 Å². The summed E-state index contributed by atoms with van der Waals surface area (Å²) in [5.41, 5.74) is 2.36. The van der Waals surface area contributed by atoms with Gasteiger partial charge in [0, 0.05) is 10.9 Å². The Labute approximate surface area is 144 Å². The van der Waals surface area contributed by atoms with Crippen molar-refractivity contribution in [2.75, 3.05) is 24.7 Å². The van der Waals surface area contributed by atoms with E-state index in [2.05, 4.69) is 11.9 Å². The number of amides is 1. The minimum atomic E-state index is -0.987. The average molecular weight is 348 g/mol. The fourth-order valence-corrected chi connectivity index (χ4v) is 3.51. The van der Waals surface area contributed by atoms with Crippen LogP contribution in [0.1, 0.15) is 18.4 Å². The lowest BCUT2D eigenvalue weighted by Crippen LogP contribution is -2.44. The number of β-amino-alcohol motifs (C(OH)–C–C–N with tert-alkyl or cyclic N) is 1. The third-order valence-corrected chi connectivity index (χ3v) is 4.73. The van der Waals surface area contributed by atoms with Crippen molar-refractivity contribution in [2.24, 2.45) is 0 Å². The number of hydrogen-bond acceptors (Lipinski definition) is 6. The third kappa shape index (κ3) is 3.43. The summed E-state index contributed by atoms with van der Waals surface area (Å²) in [6.07, 6.45) is 1.01. The predicted molar refractivity (Wildman–Crippen MR) is 92.5 cm³/mol. The van der Waals surface area contributed by atoms with E-state index in [-0.39, 0.29) is 19.1 Å². The van der Waals surface area contributed by atoms with Crippen molar-refractivity contribution in [1.82, 2.24) is 4.98 Å². The first-order valence-electron chi connectivity index (χ1n) is 7.93. The van der Waals surface area contributed by atoms with Crippen molar-refractivity contribution in [1.29, 1.82) is 0 Å². The Morgan fingerprint density at radius 2 is 2.29 bits per heavy atom. The molecule has 1 aromatic carbocycles. The zero-order valence-electron chi connectivity index (χ0n) is 13.4. The second kappa shape index (κ2) is 7.29. The Morgan fingerprint density at radius 3 is 3.04 bits per heavy atom. The molecule has 0 saturated heterocycles. The van der Waals surface area contributed by atoms with Gasteiger partial charge in [-0.1, -0.05) is 6.92 Å². The molecule has 1 amide bonds. The molecule has 0 aliphatic carbocycles. The molecule has 1 unspecified atom stereocenters. The van der Waals surface area contributed by atoms with E-state index < -0.39 is 12.7 Å². The van der Waals surface area contributed by atoms with Crippen LogP contribution < -0.4 is 9.64 Å². The SMILES string of the molecule is CCCc1nc(-c2ccc3c(c2)N(CC(O)CO)C(=O)CO3)cs1. The minimum absolute atomic E-state index is 0.0350. The highest BCUT2D eigenvalue weighted by Gasteiger charge is 2.27. The summed E-state index contributed by atoms with van der Waals surface area (Å²) in [5, 5.41) is 21.9. The Kier molecular flexibility index (Phi) is 5.13. The maximum absolute atomic E-state index is 12.1. The molecule has 1 aliphatic rings. The first-order chi connectivity index (χ1) is 11.6. The van der Waals surface area contributed by atoms with Crippen LogP contribution >= 0.6 is 11.3 Å². The van der Waals surface area contributed by atoms with Gasteiger partial charge in [0.15, 0.2) is 6.61 Å². The number of thiazole rings is 1. The van der Waals surface area contributed by atoms with E-state index in [0.717, 1.165) is 29.1 Å². The van der Waals surface area contributed by atoms with Gasteiger partial charge in [0.25, 0.3) is 5.91 Å². The molecule has 0 bridgehead atoms. The molecule has 128 valence electrons. The fourth-order valence-electron chi connectivity index (χ4n) is 2.60. The van der Waals surface area contributed by atoms with Crippen LogP contribution in [0.25, 0.3) is 11.3 Å². The maximum Gasteiger partial charge on any atom is 0.265 e. The standard InChI is InChI=1S/C17H20N2O4S/c1-2-3-16-18-13(10-24-16)11-4-5-15-14(6-11)19(7-12(21)8-20)17(22)9-23-15/h4-6,10,12,20-21H,2-3,7-9H2,1H3. The van der Waals surface area contributed by atoms with Gasteiger partial charge in [0.1, 0.15) is 5.75 Å². The molecule has 2 heterocycles. The summed E-state index contributed by atoms with van der Waals surface area (Å²) in [6.45, 7) is 1.69. The topological polar surface area (TPSA) is 82.9 Å². The van der Waals surface area contributed by atoms with E-state index in [1.54, 1.807) is 11.3 Å². The Balaban J connectivity index is 1.93. The van der Waals surface area contributed by atoms with E-state index >= 15 is 0 Å². The highest BCUT2D eigenvalue weighted by atomic mass is 32.1. The van der Waals surface area contributed by atoms with Gasteiger partial charge >= 0.3 is 0 Å². The van der Waals surface area contributed by atoms with E-state index in [0.29, 0.717) is 11.4 Å². The van der Waals surface area contributed by atoms with Gasteiger partial charge in [-0.25, -0.2) is 4.98 Å². The van der Waals surface area contributed by atoms with Crippen LogP contribution in [0.3, 0.4) is 0 Å². The first kappa shape index (κ1) is 16.9. The molecule has 0 saturated carbocycles. The van der Waals surface area contributed by atoms with Gasteiger partial charge in [-0.15, -0.1) is 11.3 Å². The quantitative estimate of drug-likeness (QED) is 0.832. The largest absolute Gasteiger partial charge is 0.482 e. The smallest absolute Gasteiger partial charge is 0.265 e. The lowest BCUT2D eigenvalue weighted by Gasteiger charge is -2.30. The summed E-state index contributed by atoms with van der Waals surface area (Å²) in [7, 11) is 0. The second-order valence-electron chi connectivity index (χ2n) is 5.69. The van der Waals surface area contributed by atoms with Gasteiger partial charge in [-0.05, 0) is 31.0 Å². The number of nitrogens with zero attached hydrogens (tertiary/aromatic N) is 2. The number of benzene rings is 1. The van der Waals surface area contributed by atoms with Gasteiger partial charge in [-0.3, -0.25) is 4.79 Å². The van der Waals surface area contributed by atoms with Crippen LogP contribution in [-0.4, -0.2) is 47.0 Å². The van der Waals surface area contributed by atoms with Crippen molar-refractivity contribution in [3.63, 3.8) is 0 Å². The Hall–Kier alpha value is -1.96. The van der Waals surface area contributed by atoms with Crippen LogP contribution in [-0.2, 0) is 11.2 Å². The van der Waals surface area contributed by atoms with E-state index in [4.69, 9.17) is 9.84 Å². The van der Waals surface area contributed by atoms with Gasteiger partial charge < -0.3 is 19.8 Å². The molecule has 24 heavy (non-hydrogen) atoms. The maximum atomic E-state index is 12.1. The first-order valence-corrected chi connectivity index (χ1v) is 8.81. The predicted octanol–water partition coefficient (Wildman–Crippen LogP) is 1.84. The van der Waals surface area contributed by atoms with Crippen molar-refractivity contribution in [3.8, 4) is 17.0 Å². The number of aromatic nitrogens is 1. The van der Waals surface area contributed by atoms with Crippen molar-refractivity contribution in [2.45, 2.75) is 25.9 Å². The molecule has 0 fully saturated rings. The van der Waals surface area contributed by atoms with Crippen molar-refractivity contribution >= 4 is 22.9 Å². The highest BCUT2D eigenvalue weighted by Crippen LogP contribution is 2.36. The number of anilines is 1. The Morgan fingerprint density at radius 1 is 1.46 bits per heavy atom. The van der Waals surface area contributed by atoms with E-state index in [1.807, 2.05) is 23.6 Å². The van der Waals surface area contributed by atoms with E-state index in [9.17, 15) is 9.90 Å². The summed E-state index contributed by atoms with van der Waals surface area (Å²) in [6, 6.07) is 5.58. The summed E-state index contributed by atoms with van der Waals surface area (Å²) >= 11 is 1.63. The lowest BCUT2D eigenvalue weighted by atomic mass is 10.1. The van der Waals surface area contributed by atoms with Crippen LogP contribution in [0.4, 0.5) is 5.69 Å². The number of fused-ring (bicyclic) bond motifs is 1. The van der Waals surface area contributed by atoms with Crippen LogP contribution in [0, 0.1) is 0 Å². The van der Waals surface area contributed by atoms with E-state index in [1.165, 1.54) is 4.90 Å². The molecule has 0 spiro atoms. The highest BCUT2D eigenvalue weighted by molar-refractivity contribution is 7.09. The number of rotatable bonds is 6. The molecule has 2 aromatic rings. The molecule has 7 heteroatoms. The number of aliphatic hydroxyl groups is 2. The number of ether oxygens (including phenoxy) is 1. The average Bonchev–Trinajstić information content (AvgIpc) is 3.06. The van der Waals surface area contributed by atoms with Crippen LogP contribution in [0.2, 0.25) is 0 Å². The number of hydrogen-bond donors (Lipinski definition) is 2. The molecule has 2 N–H and O–H groups in total. The van der Waals surface area contributed by atoms with Gasteiger partial charge in [0.2, 0.25) is 0 Å². The molecule has 0 radical (unpaired) electrons.